The van der Waals surface area contributed by atoms with E-state index in [1.165, 1.54) is 11.8 Å². The third kappa shape index (κ3) is 3.63. The minimum absolute atomic E-state index is 0.0898. The van der Waals surface area contributed by atoms with E-state index in [1.807, 2.05) is 55.6 Å². The highest BCUT2D eigenvalue weighted by Gasteiger charge is 2.36. The Hall–Kier alpha value is -2.65. The highest BCUT2D eigenvalue weighted by molar-refractivity contribution is 9.10. The van der Waals surface area contributed by atoms with Gasteiger partial charge in [-0.15, -0.1) is 10.2 Å². The Bertz CT molecular complexity index is 1110. The molecule has 0 N–H and O–H groups in total. The van der Waals surface area contributed by atoms with Crippen molar-refractivity contribution in [3.05, 3.63) is 52.5 Å². The number of carbonyl (C=O) groups is 1. The van der Waals surface area contributed by atoms with Gasteiger partial charge in [0, 0.05) is 22.0 Å². The number of rotatable bonds is 4. The molecular weight excluding hydrogens is 468 g/mol. The number of amides is 1. The third-order valence-electron chi connectivity index (χ3n) is 4.73. The third-order valence-corrected chi connectivity index (χ3v) is 5.99. The van der Waals surface area contributed by atoms with Crippen molar-refractivity contribution in [3.8, 4) is 22.9 Å². The molecule has 0 radical (unpaired) electrons. The number of fused-ring (bicyclic) bond motifs is 3. The fourth-order valence-corrected chi connectivity index (χ4v) is 4.02. The van der Waals surface area contributed by atoms with Crippen molar-refractivity contribution < 1.29 is 14.3 Å². The number of para-hydroxylation sites is 1. The number of carbonyl (C=O) groups excluding carboxylic acids is 1. The molecule has 7 nitrogen and oxygen atoms in total. The van der Waals surface area contributed by atoms with Crippen LogP contribution in [0.2, 0.25) is 0 Å². The minimum atomic E-state index is -0.768. The quantitative estimate of drug-likeness (QED) is 0.486. The SMILES string of the molecule is CCC(=O)N1c2ccccc2-c2nnc(SC)nc2O[C@H]1c1cc(OC)ccc1Br. The van der Waals surface area contributed by atoms with Gasteiger partial charge in [-0.25, -0.2) is 0 Å². The van der Waals surface area contributed by atoms with E-state index in [2.05, 4.69) is 31.1 Å². The average Bonchev–Trinajstić information content (AvgIpc) is 2.93. The Kier molecular flexibility index (Phi) is 5.92. The minimum Gasteiger partial charge on any atom is -0.497 e. The molecule has 0 spiro atoms. The van der Waals surface area contributed by atoms with Crippen LogP contribution in [0.25, 0.3) is 11.3 Å². The van der Waals surface area contributed by atoms with E-state index in [1.54, 1.807) is 12.0 Å². The number of halogens is 1. The summed E-state index contributed by atoms with van der Waals surface area (Å²) in [4.78, 5) is 19.3. The van der Waals surface area contributed by atoms with Crippen molar-refractivity contribution in [3.63, 3.8) is 0 Å². The summed E-state index contributed by atoms with van der Waals surface area (Å²) in [6.45, 7) is 1.82. The number of ether oxygens (including phenoxy) is 2. The molecule has 30 heavy (non-hydrogen) atoms. The van der Waals surface area contributed by atoms with Gasteiger partial charge < -0.3 is 9.47 Å². The first-order valence-electron chi connectivity index (χ1n) is 9.27. The second kappa shape index (κ2) is 8.61. The highest BCUT2D eigenvalue weighted by Crippen LogP contribution is 2.45. The summed E-state index contributed by atoms with van der Waals surface area (Å²) in [5, 5.41) is 9.03. The molecule has 3 aromatic rings. The molecule has 1 amide bonds. The van der Waals surface area contributed by atoms with Crippen molar-refractivity contribution in [1.82, 2.24) is 15.2 Å². The molecule has 0 aliphatic carbocycles. The molecule has 1 aliphatic heterocycles. The molecule has 1 aromatic heterocycles. The van der Waals surface area contributed by atoms with Gasteiger partial charge in [0.2, 0.25) is 23.2 Å². The lowest BCUT2D eigenvalue weighted by Gasteiger charge is -2.31. The van der Waals surface area contributed by atoms with E-state index >= 15 is 0 Å². The molecule has 2 aromatic carbocycles. The molecule has 1 aliphatic rings. The van der Waals surface area contributed by atoms with Gasteiger partial charge in [0.15, 0.2) is 5.69 Å². The second-order valence-corrected chi connectivity index (χ2v) is 8.07. The standard InChI is InChI=1S/C21H19BrN4O3S/c1-4-17(27)26-16-8-6-5-7-13(16)18-19(23-21(30-3)25-24-18)29-20(26)14-11-12(28-2)9-10-15(14)22/h5-11,20H,4H2,1-3H3/t20-/m0/s1. The Morgan fingerprint density at radius 3 is 2.80 bits per heavy atom. The molecule has 0 unspecified atom stereocenters. The average molecular weight is 487 g/mol. The normalized spacial score (nSPS) is 14.9. The summed E-state index contributed by atoms with van der Waals surface area (Å²) in [5.74, 6) is 0.894. The number of hydrogen-bond donors (Lipinski definition) is 0. The summed E-state index contributed by atoms with van der Waals surface area (Å²) in [6.07, 6.45) is 1.41. The van der Waals surface area contributed by atoms with Gasteiger partial charge >= 0.3 is 0 Å². The molecule has 0 bridgehead atoms. The molecule has 0 saturated carbocycles. The van der Waals surface area contributed by atoms with Crippen LogP contribution in [0.1, 0.15) is 25.1 Å². The largest absolute Gasteiger partial charge is 0.497 e. The van der Waals surface area contributed by atoms with Crippen LogP contribution in [-0.2, 0) is 4.79 Å². The van der Waals surface area contributed by atoms with E-state index in [9.17, 15) is 4.79 Å². The highest BCUT2D eigenvalue weighted by atomic mass is 79.9. The number of aromatic nitrogens is 3. The number of hydrogen-bond acceptors (Lipinski definition) is 7. The predicted molar refractivity (Wildman–Crippen MR) is 119 cm³/mol. The second-order valence-electron chi connectivity index (χ2n) is 6.44. The fourth-order valence-electron chi connectivity index (χ4n) is 3.28. The van der Waals surface area contributed by atoms with Crippen LogP contribution in [0, 0.1) is 0 Å². The Morgan fingerprint density at radius 2 is 2.07 bits per heavy atom. The van der Waals surface area contributed by atoms with E-state index in [4.69, 9.17) is 9.47 Å². The zero-order chi connectivity index (χ0) is 21.3. The molecular formula is C21H19BrN4O3S. The zero-order valence-electron chi connectivity index (χ0n) is 16.6. The van der Waals surface area contributed by atoms with E-state index in [0.717, 1.165) is 15.6 Å². The lowest BCUT2D eigenvalue weighted by Crippen LogP contribution is -2.37. The van der Waals surface area contributed by atoms with Crippen molar-refractivity contribution in [2.45, 2.75) is 24.7 Å². The maximum Gasteiger partial charge on any atom is 0.247 e. The first-order chi connectivity index (χ1) is 14.6. The maximum absolute atomic E-state index is 13.1. The van der Waals surface area contributed by atoms with Crippen molar-refractivity contribution in [2.75, 3.05) is 18.3 Å². The van der Waals surface area contributed by atoms with Gasteiger partial charge in [0.25, 0.3) is 0 Å². The van der Waals surface area contributed by atoms with Crippen molar-refractivity contribution in [2.24, 2.45) is 0 Å². The monoisotopic (exact) mass is 486 g/mol. The van der Waals surface area contributed by atoms with E-state index < -0.39 is 6.23 Å². The summed E-state index contributed by atoms with van der Waals surface area (Å²) >= 11 is 4.97. The number of nitrogens with zero attached hydrogens (tertiary/aromatic N) is 4. The molecule has 1 atom stereocenters. The molecule has 154 valence electrons. The Morgan fingerprint density at radius 1 is 1.27 bits per heavy atom. The number of methoxy groups -OCH3 is 1. The van der Waals surface area contributed by atoms with Crippen LogP contribution in [-0.4, -0.2) is 34.5 Å². The maximum atomic E-state index is 13.1. The fraction of sp³-hybridized carbons (Fsp3) is 0.238. The van der Waals surface area contributed by atoms with E-state index in [0.29, 0.717) is 34.6 Å². The lowest BCUT2D eigenvalue weighted by atomic mass is 10.1. The smallest absolute Gasteiger partial charge is 0.247 e. The van der Waals surface area contributed by atoms with E-state index in [-0.39, 0.29) is 5.91 Å². The van der Waals surface area contributed by atoms with Crippen LogP contribution in [0.5, 0.6) is 11.6 Å². The summed E-state index contributed by atoms with van der Waals surface area (Å²) in [5.41, 5.74) is 2.67. The predicted octanol–water partition coefficient (Wildman–Crippen LogP) is 4.87. The van der Waals surface area contributed by atoms with Gasteiger partial charge in [-0.2, -0.15) is 4.98 Å². The van der Waals surface area contributed by atoms with Gasteiger partial charge in [0.1, 0.15) is 5.75 Å². The Balaban J connectivity index is 2.00. The number of thioether (sulfide) groups is 1. The van der Waals surface area contributed by atoms with Gasteiger partial charge in [-0.05, 0) is 30.5 Å². The molecule has 9 heteroatoms. The molecule has 0 saturated heterocycles. The summed E-state index contributed by atoms with van der Waals surface area (Å²) in [7, 11) is 1.60. The Labute approximate surface area is 186 Å². The first kappa shape index (κ1) is 20.6. The van der Waals surface area contributed by atoms with Crippen LogP contribution < -0.4 is 14.4 Å². The topological polar surface area (TPSA) is 77.4 Å². The number of benzene rings is 2. The van der Waals surface area contributed by atoms with Crippen LogP contribution in [0.3, 0.4) is 0 Å². The van der Waals surface area contributed by atoms with Crippen LogP contribution >= 0.6 is 27.7 Å². The molecule has 4 rings (SSSR count). The zero-order valence-corrected chi connectivity index (χ0v) is 19.0. The summed E-state index contributed by atoms with van der Waals surface area (Å²) < 4.78 is 12.6. The first-order valence-corrected chi connectivity index (χ1v) is 11.3. The van der Waals surface area contributed by atoms with Gasteiger partial charge in [-0.1, -0.05) is 52.8 Å². The van der Waals surface area contributed by atoms with Crippen molar-refractivity contribution >= 4 is 39.3 Å². The lowest BCUT2D eigenvalue weighted by molar-refractivity contribution is -0.120. The van der Waals surface area contributed by atoms with Crippen LogP contribution in [0.15, 0.2) is 52.1 Å². The van der Waals surface area contributed by atoms with Crippen LogP contribution in [0.4, 0.5) is 5.69 Å². The van der Waals surface area contributed by atoms with Crippen molar-refractivity contribution in [1.29, 1.82) is 0 Å². The molecule has 2 heterocycles. The van der Waals surface area contributed by atoms with Gasteiger partial charge in [-0.3, -0.25) is 9.69 Å². The summed E-state index contributed by atoms with van der Waals surface area (Å²) in [6, 6.07) is 13.1. The molecule has 0 fully saturated rings. The van der Waals surface area contributed by atoms with Gasteiger partial charge in [0.05, 0.1) is 12.8 Å². The number of anilines is 1.